The van der Waals surface area contributed by atoms with E-state index < -0.39 is 6.10 Å². The van der Waals surface area contributed by atoms with Gasteiger partial charge in [0.2, 0.25) is 0 Å². The largest absolute Gasteiger partial charge is 0.391 e. The number of carbonyl (C=O) groups excluding carboxylic acids is 1. The third-order valence-corrected chi connectivity index (χ3v) is 2.10. The lowest BCUT2D eigenvalue weighted by molar-refractivity contribution is 0.0891. The number of aliphatic hydroxyl groups excluding tert-OH is 1. The van der Waals surface area contributed by atoms with E-state index in [2.05, 4.69) is 10.5 Å². The topological polar surface area (TPSA) is 75.4 Å². The normalized spacial score (nSPS) is 12.8. The Labute approximate surface area is 94.8 Å². The van der Waals surface area contributed by atoms with Crippen LogP contribution in [-0.4, -0.2) is 28.8 Å². The average molecular weight is 226 g/mol. The molecule has 0 fully saturated rings. The third kappa shape index (κ3) is 4.02. The molecule has 1 aromatic heterocycles. The molecule has 90 valence electrons. The zero-order chi connectivity index (χ0) is 12.1. The van der Waals surface area contributed by atoms with Crippen molar-refractivity contribution in [1.82, 2.24) is 10.5 Å². The number of hydrogen-bond donors (Lipinski definition) is 2. The molecule has 0 spiro atoms. The molecular formula is C11H18N2O3. The Morgan fingerprint density at radius 2 is 2.31 bits per heavy atom. The SMILES string of the molecule is Cc1cc(C(=O)NCC(O)CC(C)C)no1. The maximum absolute atomic E-state index is 11.5. The number of rotatable bonds is 5. The molecule has 0 saturated carbocycles. The molecule has 0 aliphatic rings. The van der Waals surface area contributed by atoms with Crippen molar-refractivity contribution in [2.24, 2.45) is 5.92 Å². The van der Waals surface area contributed by atoms with Crippen LogP contribution in [0, 0.1) is 12.8 Å². The van der Waals surface area contributed by atoms with Crippen LogP contribution < -0.4 is 5.32 Å². The van der Waals surface area contributed by atoms with Gasteiger partial charge in [-0.25, -0.2) is 0 Å². The Morgan fingerprint density at radius 1 is 1.62 bits per heavy atom. The van der Waals surface area contributed by atoms with Gasteiger partial charge < -0.3 is 14.9 Å². The summed E-state index contributed by atoms with van der Waals surface area (Å²) in [7, 11) is 0. The third-order valence-electron chi connectivity index (χ3n) is 2.10. The van der Waals surface area contributed by atoms with Crippen LogP contribution in [0.15, 0.2) is 10.6 Å². The molecule has 1 heterocycles. The fraction of sp³-hybridized carbons (Fsp3) is 0.636. The fourth-order valence-corrected chi connectivity index (χ4v) is 1.40. The summed E-state index contributed by atoms with van der Waals surface area (Å²) in [5, 5.41) is 15.8. The van der Waals surface area contributed by atoms with Gasteiger partial charge in [-0.05, 0) is 19.3 Å². The minimum atomic E-state index is -0.517. The smallest absolute Gasteiger partial charge is 0.273 e. The van der Waals surface area contributed by atoms with Gasteiger partial charge in [-0.3, -0.25) is 4.79 Å². The van der Waals surface area contributed by atoms with Crippen molar-refractivity contribution in [1.29, 1.82) is 0 Å². The highest BCUT2D eigenvalue weighted by atomic mass is 16.5. The molecule has 0 bridgehead atoms. The minimum absolute atomic E-state index is 0.239. The zero-order valence-corrected chi connectivity index (χ0v) is 9.86. The molecule has 2 N–H and O–H groups in total. The number of aromatic nitrogens is 1. The summed E-state index contributed by atoms with van der Waals surface area (Å²) in [6.45, 7) is 6.00. The lowest BCUT2D eigenvalue weighted by Gasteiger charge is -2.12. The maximum Gasteiger partial charge on any atom is 0.273 e. The molecular weight excluding hydrogens is 208 g/mol. The standard InChI is InChI=1S/C11H18N2O3/c1-7(2)4-9(14)6-12-11(15)10-5-8(3)16-13-10/h5,7,9,14H,4,6H2,1-3H3,(H,12,15). The molecule has 0 aromatic carbocycles. The van der Waals surface area contributed by atoms with E-state index in [0.717, 1.165) is 0 Å². The van der Waals surface area contributed by atoms with E-state index in [-0.39, 0.29) is 18.1 Å². The number of carbonyl (C=O) groups is 1. The first-order valence-electron chi connectivity index (χ1n) is 5.38. The Morgan fingerprint density at radius 3 is 2.81 bits per heavy atom. The van der Waals surface area contributed by atoms with Gasteiger partial charge >= 0.3 is 0 Å². The Kier molecular flexibility index (Phi) is 4.49. The molecule has 1 unspecified atom stereocenters. The van der Waals surface area contributed by atoms with Crippen LogP contribution in [-0.2, 0) is 0 Å². The maximum atomic E-state index is 11.5. The minimum Gasteiger partial charge on any atom is -0.391 e. The van der Waals surface area contributed by atoms with Crippen LogP contribution >= 0.6 is 0 Å². The number of hydrogen-bond acceptors (Lipinski definition) is 4. The van der Waals surface area contributed by atoms with E-state index >= 15 is 0 Å². The summed E-state index contributed by atoms with van der Waals surface area (Å²) in [6, 6.07) is 1.56. The molecule has 5 nitrogen and oxygen atoms in total. The van der Waals surface area contributed by atoms with Crippen LogP contribution in [0.1, 0.15) is 36.5 Å². The second kappa shape index (κ2) is 5.65. The summed E-state index contributed by atoms with van der Waals surface area (Å²) in [4.78, 5) is 11.5. The molecule has 1 atom stereocenters. The van der Waals surface area contributed by atoms with Gasteiger partial charge in [0.1, 0.15) is 5.76 Å². The second-order valence-electron chi connectivity index (χ2n) is 4.32. The van der Waals surface area contributed by atoms with E-state index in [1.165, 1.54) is 0 Å². The number of aliphatic hydroxyl groups is 1. The van der Waals surface area contributed by atoms with Crippen molar-refractivity contribution >= 4 is 5.91 Å². The van der Waals surface area contributed by atoms with Gasteiger partial charge in [0.05, 0.1) is 6.10 Å². The lowest BCUT2D eigenvalue weighted by atomic mass is 10.1. The monoisotopic (exact) mass is 226 g/mol. The summed E-state index contributed by atoms with van der Waals surface area (Å²) in [5.41, 5.74) is 0.245. The number of nitrogens with zero attached hydrogens (tertiary/aromatic N) is 1. The highest BCUT2D eigenvalue weighted by molar-refractivity contribution is 5.92. The number of aryl methyl sites for hydroxylation is 1. The molecule has 0 radical (unpaired) electrons. The number of nitrogens with one attached hydrogen (secondary N) is 1. The van der Waals surface area contributed by atoms with Crippen molar-refractivity contribution in [3.8, 4) is 0 Å². The molecule has 0 saturated heterocycles. The van der Waals surface area contributed by atoms with Crippen LogP contribution in [0.3, 0.4) is 0 Å². The van der Waals surface area contributed by atoms with E-state index in [9.17, 15) is 9.90 Å². The molecule has 0 aliphatic heterocycles. The highest BCUT2D eigenvalue weighted by Gasteiger charge is 2.13. The Bertz CT molecular complexity index is 347. The lowest BCUT2D eigenvalue weighted by Crippen LogP contribution is -2.32. The van der Waals surface area contributed by atoms with E-state index in [0.29, 0.717) is 18.1 Å². The van der Waals surface area contributed by atoms with Crippen molar-refractivity contribution in [3.63, 3.8) is 0 Å². The van der Waals surface area contributed by atoms with Crippen LogP contribution in [0.25, 0.3) is 0 Å². The quantitative estimate of drug-likeness (QED) is 0.789. The number of amides is 1. The van der Waals surface area contributed by atoms with Crippen LogP contribution in [0.4, 0.5) is 0 Å². The van der Waals surface area contributed by atoms with Crippen molar-refractivity contribution in [2.45, 2.75) is 33.3 Å². The van der Waals surface area contributed by atoms with Crippen LogP contribution in [0.5, 0.6) is 0 Å². The second-order valence-corrected chi connectivity index (χ2v) is 4.32. The highest BCUT2D eigenvalue weighted by Crippen LogP contribution is 2.04. The van der Waals surface area contributed by atoms with Crippen molar-refractivity contribution in [2.75, 3.05) is 6.54 Å². The van der Waals surface area contributed by atoms with Gasteiger partial charge in [0.25, 0.3) is 5.91 Å². The Balaban J connectivity index is 2.35. The molecule has 16 heavy (non-hydrogen) atoms. The average Bonchev–Trinajstić information content (AvgIpc) is 2.60. The van der Waals surface area contributed by atoms with Gasteiger partial charge in [-0.15, -0.1) is 0 Å². The van der Waals surface area contributed by atoms with Gasteiger partial charge in [-0.1, -0.05) is 19.0 Å². The zero-order valence-electron chi connectivity index (χ0n) is 9.86. The van der Waals surface area contributed by atoms with E-state index in [4.69, 9.17) is 4.52 Å². The summed E-state index contributed by atoms with van der Waals surface area (Å²) >= 11 is 0. The van der Waals surface area contributed by atoms with Crippen LogP contribution in [0.2, 0.25) is 0 Å². The fourth-order valence-electron chi connectivity index (χ4n) is 1.40. The molecule has 5 heteroatoms. The first-order valence-corrected chi connectivity index (χ1v) is 5.38. The Hall–Kier alpha value is -1.36. The van der Waals surface area contributed by atoms with Gasteiger partial charge in [0, 0.05) is 12.6 Å². The predicted octanol–water partition coefficient (Wildman–Crippen LogP) is 1.12. The summed E-state index contributed by atoms with van der Waals surface area (Å²) in [5.74, 6) is 0.675. The summed E-state index contributed by atoms with van der Waals surface area (Å²) < 4.78 is 4.78. The first kappa shape index (κ1) is 12.7. The van der Waals surface area contributed by atoms with Gasteiger partial charge in [-0.2, -0.15) is 0 Å². The van der Waals surface area contributed by atoms with E-state index in [1.54, 1.807) is 13.0 Å². The predicted molar refractivity (Wildman–Crippen MR) is 59.0 cm³/mol. The van der Waals surface area contributed by atoms with Crippen molar-refractivity contribution < 1.29 is 14.4 Å². The first-order chi connectivity index (χ1) is 7.49. The molecule has 0 aliphatic carbocycles. The molecule has 1 amide bonds. The van der Waals surface area contributed by atoms with Crippen molar-refractivity contribution in [3.05, 3.63) is 17.5 Å². The van der Waals surface area contributed by atoms with E-state index in [1.807, 2.05) is 13.8 Å². The molecule has 1 rings (SSSR count). The summed E-state index contributed by atoms with van der Waals surface area (Å²) in [6.07, 6.45) is 0.148. The molecule has 1 aromatic rings. The van der Waals surface area contributed by atoms with Gasteiger partial charge in [0.15, 0.2) is 5.69 Å².